The Kier molecular flexibility index (Phi) is 4.06. The lowest BCUT2D eigenvalue weighted by molar-refractivity contribution is 0.199. The molecule has 1 heterocycles. The zero-order chi connectivity index (χ0) is 14.7. The van der Waals surface area contributed by atoms with E-state index in [-0.39, 0.29) is 0 Å². The number of hydrogen-bond donors (Lipinski definition) is 1. The van der Waals surface area contributed by atoms with Crippen LogP contribution in [0.4, 0.5) is 5.69 Å². The van der Waals surface area contributed by atoms with Crippen LogP contribution in [-0.2, 0) is 13.6 Å². The molecule has 0 saturated carbocycles. The highest BCUT2D eigenvalue weighted by Gasteiger charge is 2.13. The molecule has 5 nitrogen and oxygen atoms in total. The molecule has 1 atom stereocenters. The van der Waals surface area contributed by atoms with E-state index in [1.807, 2.05) is 31.4 Å². The lowest BCUT2D eigenvalue weighted by Crippen LogP contribution is -2.18. The molecule has 1 aromatic carbocycles. The summed E-state index contributed by atoms with van der Waals surface area (Å²) in [6.45, 7) is 2.39. The number of nitriles is 1. The van der Waals surface area contributed by atoms with Gasteiger partial charge in [-0.25, -0.2) is 0 Å². The predicted molar refractivity (Wildman–Crippen MR) is 77.1 cm³/mol. The minimum atomic E-state index is -0.575. The van der Waals surface area contributed by atoms with E-state index >= 15 is 0 Å². The molecule has 1 aromatic heterocycles. The van der Waals surface area contributed by atoms with Crippen LogP contribution in [0, 0.1) is 11.3 Å². The fraction of sp³-hybridized carbons (Fsp3) is 0.333. The highest BCUT2D eigenvalue weighted by atomic mass is 16.3. The van der Waals surface area contributed by atoms with Gasteiger partial charge in [0.15, 0.2) is 0 Å². The molecular weight excluding hydrogens is 252 g/mol. The SMILES string of the molecule is C[C@H](O)c1ccc(C#N)cc1N(C)Cc1cnn(C)c1. The zero-order valence-electron chi connectivity index (χ0n) is 11.9. The first kappa shape index (κ1) is 14.1. The van der Waals surface area contributed by atoms with Crippen LogP contribution in [0.3, 0.4) is 0 Å². The highest BCUT2D eigenvalue weighted by molar-refractivity contribution is 5.58. The van der Waals surface area contributed by atoms with Crippen LogP contribution in [-0.4, -0.2) is 21.9 Å². The van der Waals surface area contributed by atoms with E-state index in [9.17, 15) is 5.11 Å². The van der Waals surface area contributed by atoms with Crippen LogP contribution < -0.4 is 4.90 Å². The molecule has 0 unspecified atom stereocenters. The highest BCUT2D eigenvalue weighted by Crippen LogP contribution is 2.27. The maximum atomic E-state index is 9.86. The van der Waals surface area contributed by atoms with E-state index in [2.05, 4.69) is 11.2 Å². The van der Waals surface area contributed by atoms with Crippen molar-refractivity contribution in [3.63, 3.8) is 0 Å². The average Bonchev–Trinajstić information content (AvgIpc) is 2.83. The van der Waals surface area contributed by atoms with Gasteiger partial charge in [-0.15, -0.1) is 0 Å². The van der Waals surface area contributed by atoms with Gasteiger partial charge in [0.2, 0.25) is 0 Å². The number of aryl methyl sites for hydroxylation is 1. The molecule has 2 rings (SSSR count). The summed E-state index contributed by atoms with van der Waals surface area (Å²) in [5.41, 5.74) is 3.34. The summed E-state index contributed by atoms with van der Waals surface area (Å²) >= 11 is 0. The number of aromatic nitrogens is 2. The minimum absolute atomic E-state index is 0.575. The number of nitrogens with zero attached hydrogens (tertiary/aromatic N) is 4. The fourth-order valence-electron chi connectivity index (χ4n) is 2.21. The molecule has 0 bridgehead atoms. The van der Waals surface area contributed by atoms with Crippen molar-refractivity contribution in [1.29, 1.82) is 5.26 Å². The van der Waals surface area contributed by atoms with Crippen LogP contribution in [0.2, 0.25) is 0 Å². The summed E-state index contributed by atoms with van der Waals surface area (Å²) < 4.78 is 1.75. The molecule has 1 N–H and O–H groups in total. The van der Waals surface area contributed by atoms with E-state index in [0.717, 1.165) is 16.8 Å². The Morgan fingerprint density at radius 1 is 1.50 bits per heavy atom. The first-order valence-corrected chi connectivity index (χ1v) is 6.42. The Morgan fingerprint density at radius 2 is 2.25 bits per heavy atom. The van der Waals surface area contributed by atoms with E-state index in [1.165, 1.54) is 0 Å². The molecule has 2 aromatic rings. The average molecular weight is 270 g/mol. The van der Waals surface area contributed by atoms with Gasteiger partial charge in [-0.05, 0) is 19.1 Å². The number of aliphatic hydroxyl groups excluding tert-OH is 1. The van der Waals surface area contributed by atoms with Gasteiger partial charge in [-0.1, -0.05) is 6.07 Å². The quantitative estimate of drug-likeness (QED) is 0.922. The van der Waals surface area contributed by atoms with Crippen LogP contribution in [0.1, 0.15) is 29.7 Å². The van der Waals surface area contributed by atoms with Gasteiger partial charge in [-0.2, -0.15) is 10.4 Å². The first-order chi connectivity index (χ1) is 9.51. The summed E-state index contributed by atoms with van der Waals surface area (Å²) in [4.78, 5) is 2.01. The van der Waals surface area contributed by atoms with Crippen molar-refractivity contribution in [2.45, 2.75) is 19.6 Å². The Balaban J connectivity index is 2.32. The second kappa shape index (κ2) is 5.76. The van der Waals surface area contributed by atoms with Gasteiger partial charge >= 0.3 is 0 Å². The van der Waals surface area contributed by atoms with Crippen molar-refractivity contribution < 1.29 is 5.11 Å². The molecule has 0 aliphatic carbocycles. The zero-order valence-corrected chi connectivity index (χ0v) is 11.9. The molecule has 104 valence electrons. The number of anilines is 1. The summed E-state index contributed by atoms with van der Waals surface area (Å²) in [6, 6.07) is 7.47. The first-order valence-electron chi connectivity index (χ1n) is 6.42. The molecular formula is C15H18N4O. The van der Waals surface area contributed by atoms with E-state index in [0.29, 0.717) is 12.1 Å². The molecule has 0 spiro atoms. The summed E-state index contributed by atoms with van der Waals surface area (Å²) in [7, 11) is 3.82. The summed E-state index contributed by atoms with van der Waals surface area (Å²) in [6.07, 6.45) is 3.19. The van der Waals surface area contributed by atoms with Gasteiger partial charge in [0, 0.05) is 43.7 Å². The van der Waals surface area contributed by atoms with Gasteiger partial charge in [0.1, 0.15) is 0 Å². The van der Waals surface area contributed by atoms with Crippen molar-refractivity contribution in [2.24, 2.45) is 7.05 Å². The maximum absolute atomic E-state index is 9.86. The Labute approximate surface area is 118 Å². The molecule has 20 heavy (non-hydrogen) atoms. The number of benzene rings is 1. The molecule has 0 saturated heterocycles. The lowest BCUT2D eigenvalue weighted by atomic mass is 10.0. The molecule has 0 aliphatic rings. The Hall–Kier alpha value is -2.32. The number of aliphatic hydroxyl groups is 1. The van der Waals surface area contributed by atoms with Crippen LogP contribution in [0.15, 0.2) is 30.6 Å². The van der Waals surface area contributed by atoms with Crippen molar-refractivity contribution in [3.8, 4) is 6.07 Å². The molecule has 0 amide bonds. The van der Waals surface area contributed by atoms with Crippen molar-refractivity contribution in [1.82, 2.24) is 9.78 Å². The second-order valence-corrected chi connectivity index (χ2v) is 4.94. The second-order valence-electron chi connectivity index (χ2n) is 4.94. The number of rotatable bonds is 4. The van der Waals surface area contributed by atoms with Crippen molar-refractivity contribution in [3.05, 3.63) is 47.3 Å². The largest absolute Gasteiger partial charge is 0.389 e. The molecule has 0 radical (unpaired) electrons. The van der Waals surface area contributed by atoms with Gasteiger partial charge in [0.25, 0.3) is 0 Å². The van der Waals surface area contributed by atoms with Gasteiger partial charge in [0.05, 0.1) is 23.9 Å². The summed E-state index contributed by atoms with van der Waals surface area (Å²) in [5.74, 6) is 0. The normalized spacial score (nSPS) is 11.9. The Bertz CT molecular complexity index is 640. The van der Waals surface area contributed by atoms with Crippen LogP contribution in [0.5, 0.6) is 0 Å². The Morgan fingerprint density at radius 3 is 2.80 bits per heavy atom. The van der Waals surface area contributed by atoms with Crippen LogP contribution in [0.25, 0.3) is 0 Å². The fourth-order valence-corrected chi connectivity index (χ4v) is 2.21. The summed E-state index contributed by atoms with van der Waals surface area (Å²) in [5, 5.41) is 23.0. The van der Waals surface area contributed by atoms with Gasteiger partial charge < -0.3 is 10.0 Å². The topological polar surface area (TPSA) is 65.1 Å². The van der Waals surface area contributed by atoms with Gasteiger partial charge in [-0.3, -0.25) is 4.68 Å². The van der Waals surface area contributed by atoms with Crippen LogP contribution >= 0.6 is 0 Å². The van der Waals surface area contributed by atoms with E-state index in [4.69, 9.17) is 5.26 Å². The lowest BCUT2D eigenvalue weighted by Gasteiger charge is -2.23. The molecule has 5 heteroatoms. The monoisotopic (exact) mass is 270 g/mol. The minimum Gasteiger partial charge on any atom is -0.389 e. The standard InChI is InChI=1S/C15H18N4O/c1-11(20)14-5-4-12(7-16)6-15(14)18(2)9-13-8-17-19(3)10-13/h4-6,8,10-11,20H,9H2,1-3H3/t11-/m0/s1. The van der Waals surface area contributed by atoms with Crippen molar-refractivity contribution in [2.75, 3.05) is 11.9 Å². The van der Waals surface area contributed by atoms with Crippen molar-refractivity contribution >= 4 is 5.69 Å². The third kappa shape index (κ3) is 2.98. The molecule has 0 fully saturated rings. The predicted octanol–water partition coefficient (Wildman–Crippen LogP) is 1.98. The van der Waals surface area contributed by atoms with E-state index < -0.39 is 6.10 Å². The smallest absolute Gasteiger partial charge is 0.0992 e. The molecule has 0 aliphatic heterocycles. The van der Waals surface area contributed by atoms with E-state index in [1.54, 1.807) is 29.8 Å². The third-order valence-corrected chi connectivity index (χ3v) is 3.20. The number of hydrogen-bond acceptors (Lipinski definition) is 4. The maximum Gasteiger partial charge on any atom is 0.0992 e. The third-order valence-electron chi connectivity index (χ3n) is 3.20.